The number of thioether (sulfide) groups is 1. The molecular formula is C36H37N5O2S2. The Morgan fingerprint density at radius 3 is 2.33 bits per heavy atom. The molecule has 45 heavy (non-hydrogen) atoms. The van der Waals surface area contributed by atoms with Crippen molar-refractivity contribution in [3.8, 4) is 34.1 Å². The molecule has 7 nitrogen and oxygen atoms in total. The lowest BCUT2D eigenvalue weighted by Gasteiger charge is -2.06. The van der Waals surface area contributed by atoms with E-state index >= 15 is 0 Å². The van der Waals surface area contributed by atoms with Crippen LogP contribution in [0.1, 0.15) is 57.9 Å². The molecule has 0 bridgehead atoms. The summed E-state index contributed by atoms with van der Waals surface area (Å²) in [5.74, 6) is 2.46. The zero-order valence-corrected chi connectivity index (χ0v) is 27.3. The number of hydrogen-bond donors (Lipinski definition) is 0. The molecule has 0 fully saturated rings. The van der Waals surface area contributed by atoms with E-state index in [-0.39, 0.29) is 5.56 Å². The second-order valence-corrected chi connectivity index (χ2v) is 13.1. The minimum Gasteiger partial charge on any atom is -0.494 e. The fourth-order valence-corrected chi connectivity index (χ4v) is 6.89. The molecule has 0 amide bonds. The van der Waals surface area contributed by atoms with Crippen LogP contribution in [0.5, 0.6) is 5.75 Å². The molecule has 9 heteroatoms. The first-order valence-corrected chi connectivity index (χ1v) is 17.5. The normalized spacial score (nSPS) is 11.9. The van der Waals surface area contributed by atoms with Gasteiger partial charge in [0.1, 0.15) is 5.75 Å². The third kappa shape index (κ3) is 7.37. The van der Waals surface area contributed by atoms with Crippen molar-refractivity contribution < 1.29 is 4.74 Å². The van der Waals surface area contributed by atoms with Crippen molar-refractivity contribution in [1.29, 1.82) is 0 Å². The van der Waals surface area contributed by atoms with Crippen molar-refractivity contribution in [2.45, 2.75) is 57.3 Å². The van der Waals surface area contributed by atoms with E-state index in [4.69, 9.17) is 14.8 Å². The standard InChI is InChI=1S/C36H37N5O2S2/c1-3-5-7-11-22-43-30-18-14-27(15-19-30)34-37-36-41(39-34)35(42)32(45-36)24-28-25-40(29-12-9-8-10-13-29)38-33(28)26-16-20-31(21-17-26)44-23-6-4-2/h8-10,12-21,24-25H,3-7,11,22-23H2,1-2H3. The number of ether oxygens (including phenoxy) is 1. The van der Waals surface area contributed by atoms with Crippen LogP contribution in [0.15, 0.2) is 94.7 Å². The maximum absolute atomic E-state index is 13.5. The Bertz CT molecular complexity index is 1950. The smallest absolute Gasteiger partial charge is 0.291 e. The van der Waals surface area contributed by atoms with E-state index in [0.29, 0.717) is 21.9 Å². The third-order valence-corrected chi connectivity index (χ3v) is 9.56. The van der Waals surface area contributed by atoms with Gasteiger partial charge in [-0.05, 0) is 73.2 Å². The number of thiazole rings is 1. The van der Waals surface area contributed by atoms with Gasteiger partial charge < -0.3 is 4.74 Å². The molecule has 0 N–H and O–H groups in total. The minimum absolute atomic E-state index is 0.193. The molecular weight excluding hydrogens is 599 g/mol. The van der Waals surface area contributed by atoms with Crippen LogP contribution in [0, 0.1) is 0 Å². The fourth-order valence-electron chi connectivity index (χ4n) is 4.99. The Morgan fingerprint density at radius 2 is 1.60 bits per heavy atom. The van der Waals surface area contributed by atoms with Crippen molar-refractivity contribution in [3.05, 3.63) is 106 Å². The Labute approximate surface area is 271 Å². The Kier molecular flexibility index (Phi) is 10.1. The summed E-state index contributed by atoms with van der Waals surface area (Å²) in [5.41, 5.74) is 4.28. The molecule has 6 rings (SSSR count). The van der Waals surface area contributed by atoms with E-state index in [9.17, 15) is 4.79 Å². The predicted molar refractivity (Wildman–Crippen MR) is 186 cm³/mol. The van der Waals surface area contributed by atoms with Gasteiger partial charge in [0, 0.05) is 27.8 Å². The van der Waals surface area contributed by atoms with Gasteiger partial charge in [0.15, 0.2) is 5.82 Å². The van der Waals surface area contributed by atoms with Crippen LogP contribution in [0.25, 0.3) is 39.4 Å². The second kappa shape index (κ2) is 14.7. The second-order valence-electron chi connectivity index (χ2n) is 10.9. The number of para-hydroxylation sites is 1. The largest absolute Gasteiger partial charge is 0.494 e. The van der Waals surface area contributed by atoms with Gasteiger partial charge in [0.05, 0.1) is 22.5 Å². The van der Waals surface area contributed by atoms with E-state index in [0.717, 1.165) is 46.0 Å². The van der Waals surface area contributed by atoms with Gasteiger partial charge in [0.25, 0.3) is 5.56 Å². The van der Waals surface area contributed by atoms with Gasteiger partial charge >= 0.3 is 0 Å². The number of fused-ring (bicyclic) bond motifs is 1. The number of aromatic nitrogens is 5. The molecule has 3 heterocycles. The van der Waals surface area contributed by atoms with Gasteiger partial charge in [-0.25, -0.2) is 4.68 Å². The number of nitrogens with zero attached hydrogens (tertiary/aromatic N) is 5. The van der Waals surface area contributed by atoms with E-state index in [1.54, 1.807) is 0 Å². The average Bonchev–Trinajstić information content (AvgIpc) is 3.77. The molecule has 3 aromatic heterocycles. The highest BCUT2D eigenvalue weighted by Crippen LogP contribution is 2.28. The van der Waals surface area contributed by atoms with Crippen molar-refractivity contribution in [2.24, 2.45) is 0 Å². The molecule has 230 valence electrons. The highest BCUT2D eigenvalue weighted by molar-refractivity contribution is 7.99. The van der Waals surface area contributed by atoms with Crippen LogP contribution < -0.4 is 14.8 Å². The first-order chi connectivity index (χ1) is 22.1. The topological polar surface area (TPSA) is 74.3 Å². The summed E-state index contributed by atoms with van der Waals surface area (Å²) in [7, 11) is 0. The molecule has 0 aliphatic rings. The zero-order chi connectivity index (χ0) is 31.0. The van der Waals surface area contributed by atoms with Crippen molar-refractivity contribution >= 4 is 34.1 Å². The molecule has 3 aromatic carbocycles. The highest BCUT2D eigenvalue weighted by Gasteiger charge is 2.15. The maximum Gasteiger partial charge on any atom is 0.291 e. The van der Waals surface area contributed by atoms with E-state index in [1.807, 2.05) is 83.3 Å². The van der Waals surface area contributed by atoms with Crippen LogP contribution in [-0.2, 0) is 0 Å². The van der Waals surface area contributed by atoms with Crippen LogP contribution in [0.4, 0.5) is 0 Å². The number of hydrogen-bond acceptors (Lipinski definition) is 7. The first kappa shape index (κ1) is 30.8. The lowest BCUT2D eigenvalue weighted by molar-refractivity contribution is 0.305. The van der Waals surface area contributed by atoms with Crippen molar-refractivity contribution in [1.82, 2.24) is 24.4 Å². The molecule has 0 unspecified atom stereocenters. The summed E-state index contributed by atoms with van der Waals surface area (Å²) in [6.07, 6.45) is 11.0. The Morgan fingerprint density at radius 1 is 0.844 bits per heavy atom. The van der Waals surface area contributed by atoms with Gasteiger partial charge in [-0.2, -0.15) is 14.6 Å². The maximum atomic E-state index is 13.5. The van der Waals surface area contributed by atoms with Crippen LogP contribution in [-0.4, -0.2) is 36.7 Å². The summed E-state index contributed by atoms with van der Waals surface area (Å²) < 4.78 is 9.69. The summed E-state index contributed by atoms with van der Waals surface area (Å²) in [6, 6.07) is 26.3. The summed E-state index contributed by atoms with van der Waals surface area (Å²) in [5, 5.41) is 9.51. The minimum atomic E-state index is -0.193. The van der Waals surface area contributed by atoms with Crippen molar-refractivity contribution in [3.63, 3.8) is 0 Å². The van der Waals surface area contributed by atoms with Crippen molar-refractivity contribution in [2.75, 3.05) is 12.4 Å². The van der Waals surface area contributed by atoms with Gasteiger partial charge in [-0.15, -0.1) is 16.9 Å². The summed E-state index contributed by atoms with van der Waals surface area (Å²) in [4.78, 5) is 20.0. The van der Waals surface area contributed by atoms with Crippen LogP contribution in [0.3, 0.4) is 0 Å². The molecule has 0 aliphatic heterocycles. The lowest BCUT2D eigenvalue weighted by atomic mass is 10.1. The summed E-state index contributed by atoms with van der Waals surface area (Å²) in [6.45, 7) is 5.13. The van der Waals surface area contributed by atoms with Gasteiger partial charge in [-0.3, -0.25) is 4.79 Å². The van der Waals surface area contributed by atoms with E-state index < -0.39 is 0 Å². The fraction of sp³-hybridized carbons (Fsp3) is 0.278. The van der Waals surface area contributed by atoms with Crippen LogP contribution in [0.2, 0.25) is 0 Å². The van der Waals surface area contributed by atoms with E-state index in [1.165, 1.54) is 52.9 Å². The molecule has 0 spiro atoms. The van der Waals surface area contributed by atoms with Crippen LogP contribution >= 0.6 is 23.1 Å². The van der Waals surface area contributed by atoms with Gasteiger partial charge in [0.2, 0.25) is 4.96 Å². The average molecular weight is 636 g/mol. The first-order valence-electron chi connectivity index (χ1n) is 15.7. The van der Waals surface area contributed by atoms with E-state index in [2.05, 4.69) is 43.2 Å². The quantitative estimate of drug-likeness (QED) is 0.0890. The Balaban J connectivity index is 1.28. The molecule has 0 saturated heterocycles. The molecule has 6 aromatic rings. The molecule has 0 atom stereocenters. The monoisotopic (exact) mass is 635 g/mol. The lowest BCUT2D eigenvalue weighted by Crippen LogP contribution is -2.23. The van der Waals surface area contributed by atoms with Gasteiger partial charge in [-0.1, -0.05) is 81.2 Å². The SMILES string of the molecule is CCCCCCOc1ccc(-c2nc3sc(=Cc4cn(-c5ccccc5)nc4-c4ccc(SCCCC)cc4)c(=O)n3n2)cc1. The predicted octanol–water partition coefficient (Wildman–Crippen LogP) is 8.07. The summed E-state index contributed by atoms with van der Waals surface area (Å²) >= 11 is 3.21. The molecule has 0 radical (unpaired) electrons. The third-order valence-electron chi connectivity index (χ3n) is 7.51. The number of unbranched alkanes of at least 4 members (excludes halogenated alkanes) is 4. The number of rotatable bonds is 14. The molecule has 0 saturated carbocycles. The highest BCUT2D eigenvalue weighted by atomic mass is 32.2. The number of benzene rings is 3. The Hall–Kier alpha value is -4.21. The molecule has 0 aliphatic carbocycles. The zero-order valence-electron chi connectivity index (χ0n) is 25.7.